The van der Waals surface area contributed by atoms with E-state index in [1.807, 2.05) is 24.9 Å². The van der Waals surface area contributed by atoms with Crippen molar-refractivity contribution in [3.05, 3.63) is 23.9 Å². The van der Waals surface area contributed by atoms with Crippen molar-refractivity contribution < 1.29 is 0 Å². The molecule has 2 nitrogen and oxygen atoms in total. The average molecular weight is 194 g/mol. The summed E-state index contributed by atoms with van der Waals surface area (Å²) in [5, 5.41) is 1.94. The van der Waals surface area contributed by atoms with Crippen molar-refractivity contribution in [2.45, 2.75) is 52.0 Å². The first-order chi connectivity index (χ1) is 6.79. The highest BCUT2D eigenvalue weighted by Gasteiger charge is 2.18. The van der Waals surface area contributed by atoms with E-state index in [0.717, 1.165) is 5.70 Å². The molecule has 0 atom stereocenters. The molecule has 0 amide bonds. The van der Waals surface area contributed by atoms with E-state index in [9.17, 15) is 0 Å². The quantitative estimate of drug-likeness (QED) is 0.425. The van der Waals surface area contributed by atoms with E-state index in [0.29, 0.717) is 6.04 Å². The minimum Gasteiger partial charge on any atom is -0.308 e. The number of hydrogen-bond acceptors (Lipinski definition) is 2. The molecule has 0 bridgehead atoms. The number of nitrogens with two attached hydrogens (primary N) is 1. The summed E-state index contributed by atoms with van der Waals surface area (Å²) >= 11 is 0. The fourth-order valence-electron chi connectivity index (χ4n) is 2.07. The highest BCUT2D eigenvalue weighted by molar-refractivity contribution is 5.16. The number of nitrogens with zero attached hydrogens (tertiary/aromatic N) is 1. The van der Waals surface area contributed by atoms with Gasteiger partial charge in [-0.2, -0.15) is 0 Å². The van der Waals surface area contributed by atoms with E-state index in [2.05, 4.69) is 12.2 Å². The molecule has 80 valence electrons. The fraction of sp³-hybridized carbons (Fsp3) is 0.667. The molecule has 1 fully saturated rings. The second-order valence-electron chi connectivity index (χ2n) is 3.91. The Morgan fingerprint density at radius 3 is 2.36 bits per heavy atom. The van der Waals surface area contributed by atoms with E-state index < -0.39 is 0 Å². The van der Waals surface area contributed by atoms with Crippen molar-refractivity contribution in [2.24, 2.45) is 5.84 Å². The van der Waals surface area contributed by atoms with Crippen LogP contribution in [0.1, 0.15) is 46.0 Å². The first kappa shape index (κ1) is 11.3. The third-order valence-electron chi connectivity index (χ3n) is 2.90. The highest BCUT2D eigenvalue weighted by Crippen LogP contribution is 2.23. The SMILES string of the molecule is C/C=C\C(=C/C)N(N)C1CCCCC1. The topological polar surface area (TPSA) is 29.3 Å². The summed E-state index contributed by atoms with van der Waals surface area (Å²) in [5.74, 6) is 6.10. The molecule has 1 rings (SSSR count). The predicted octanol–water partition coefficient (Wildman–Crippen LogP) is 2.97. The third-order valence-corrected chi connectivity index (χ3v) is 2.90. The zero-order chi connectivity index (χ0) is 10.4. The Bertz CT molecular complexity index is 212. The Kier molecular flexibility index (Phi) is 4.74. The van der Waals surface area contributed by atoms with Crippen LogP contribution in [0.4, 0.5) is 0 Å². The first-order valence-corrected chi connectivity index (χ1v) is 5.62. The molecular formula is C12H22N2. The molecule has 1 aliphatic carbocycles. The van der Waals surface area contributed by atoms with Crippen LogP contribution in [-0.4, -0.2) is 11.1 Å². The zero-order valence-corrected chi connectivity index (χ0v) is 9.37. The summed E-state index contributed by atoms with van der Waals surface area (Å²) in [6, 6.07) is 0.547. The Morgan fingerprint density at radius 2 is 1.86 bits per heavy atom. The van der Waals surface area contributed by atoms with Crippen LogP contribution < -0.4 is 5.84 Å². The largest absolute Gasteiger partial charge is 0.308 e. The van der Waals surface area contributed by atoms with E-state index in [1.165, 1.54) is 32.1 Å². The Labute approximate surface area is 87.4 Å². The van der Waals surface area contributed by atoms with Crippen molar-refractivity contribution in [3.63, 3.8) is 0 Å². The predicted molar refractivity (Wildman–Crippen MR) is 61.5 cm³/mol. The molecule has 1 aliphatic rings. The van der Waals surface area contributed by atoms with Crippen molar-refractivity contribution in [2.75, 3.05) is 0 Å². The number of rotatable bonds is 3. The van der Waals surface area contributed by atoms with E-state index in [4.69, 9.17) is 5.84 Å². The van der Waals surface area contributed by atoms with Gasteiger partial charge in [0.1, 0.15) is 0 Å². The molecule has 0 radical (unpaired) electrons. The lowest BCUT2D eigenvalue weighted by atomic mass is 9.95. The van der Waals surface area contributed by atoms with Crippen LogP contribution in [0.5, 0.6) is 0 Å². The summed E-state index contributed by atoms with van der Waals surface area (Å²) in [4.78, 5) is 0. The fourth-order valence-corrected chi connectivity index (χ4v) is 2.07. The van der Waals surface area contributed by atoms with Crippen LogP contribution in [0.25, 0.3) is 0 Å². The van der Waals surface area contributed by atoms with Gasteiger partial charge in [0.2, 0.25) is 0 Å². The second-order valence-corrected chi connectivity index (χ2v) is 3.91. The molecule has 0 aromatic rings. The Hall–Kier alpha value is -0.760. The molecule has 0 saturated heterocycles. The van der Waals surface area contributed by atoms with Crippen molar-refractivity contribution in [3.8, 4) is 0 Å². The van der Waals surface area contributed by atoms with Crippen LogP contribution in [0, 0.1) is 0 Å². The maximum atomic E-state index is 6.10. The van der Waals surface area contributed by atoms with Gasteiger partial charge in [-0.15, -0.1) is 0 Å². The number of hydrogen-bond donors (Lipinski definition) is 1. The van der Waals surface area contributed by atoms with Crippen LogP contribution in [0.3, 0.4) is 0 Å². The molecular weight excluding hydrogens is 172 g/mol. The second kappa shape index (κ2) is 5.86. The third kappa shape index (κ3) is 2.88. The lowest BCUT2D eigenvalue weighted by Gasteiger charge is -2.32. The minimum absolute atomic E-state index is 0.547. The van der Waals surface area contributed by atoms with Crippen molar-refractivity contribution in [1.29, 1.82) is 0 Å². The lowest BCUT2D eigenvalue weighted by molar-refractivity contribution is 0.209. The molecule has 0 spiro atoms. The summed E-state index contributed by atoms with van der Waals surface area (Å²) in [6.45, 7) is 4.07. The lowest BCUT2D eigenvalue weighted by Crippen LogP contribution is -2.40. The minimum atomic E-state index is 0.547. The van der Waals surface area contributed by atoms with Gasteiger partial charge in [0.25, 0.3) is 0 Å². The first-order valence-electron chi connectivity index (χ1n) is 5.62. The van der Waals surface area contributed by atoms with Gasteiger partial charge in [-0.3, -0.25) is 0 Å². The van der Waals surface area contributed by atoms with Gasteiger partial charge < -0.3 is 5.01 Å². The van der Waals surface area contributed by atoms with Gasteiger partial charge in [0.15, 0.2) is 0 Å². The molecule has 14 heavy (non-hydrogen) atoms. The molecule has 0 aromatic carbocycles. The molecule has 0 aromatic heterocycles. The molecule has 0 heterocycles. The van der Waals surface area contributed by atoms with Gasteiger partial charge in [-0.25, -0.2) is 5.84 Å². The van der Waals surface area contributed by atoms with Crippen LogP contribution in [0.15, 0.2) is 23.9 Å². The average Bonchev–Trinajstić information content (AvgIpc) is 2.26. The number of allylic oxidation sites excluding steroid dienone is 3. The molecule has 0 aliphatic heterocycles. The van der Waals surface area contributed by atoms with Gasteiger partial charge in [-0.05, 0) is 32.8 Å². The molecule has 2 N–H and O–H groups in total. The van der Waals surface area contributed by atoms with Gasteiger partial charge in [0.05, 0.1) is 0 Å². The van der Waals surface area contributed by atoms with Gasteiger partial charge >= 0.3 is 0 Å². The van der Waals surface area contributed by atoms with Gasteiger partial charge in [-0.1, -0.05) is 31.4 Å². The highest BCUT2D eigenvalue weighted by atomic mass is 15.4. The molecule has 2 heteroatoms. The summed E-state index contributed by atoms with van der Waals surface area (Å²) < 4.78 is 0. The van der Waals surface area contributed by atoms with Crippen LogP contribution >= 0.6 is 0 Å². The summed E-state index contributed by atoms with van der Waals surface area (Å²) in [7, 11) is 0. The monoisotopic (exact) mass is 194 g/mol. The van der Waals surface area contributed by atoms with Gasteiger partial charge in [0, 0.05) is 11.7 Å². The van der Waals surface area contributed by atoms with E-state index in [-0.39, 0.29) is 0 Å². The maximum Gasteiger partial charge on any atom is 0.0474 e. The molecule has 1 saturated carbocycles. The summed E-state index contributed by atoms with van der Waals surface area (Å²) in [5.41, 5.74) is 1.14. The Balaban J connectivity index is 2.56. The van der Waals surface area contributed by atoms with E-state index >= 15 is 0 Å². The zero-order valence-electron chi connectivity index (χ0n) is 9.37. The normalized spacial score (nSPS) is 20.4. The van der Waals surface area contributed by atoms with Crippen molar-refractivity contribution in [1.82, 2.24) is 5.01 Å². The number of hydrazine groups is 1. The van der Waals surface area contributed by atoms with Crippen LogP contribution in [-0.2, 0) is 0 Å². The molecule has 0 unspecified atom stereocenters. The maximum absolute atomic E-state index is 6.10. The van der Waals surface area contributed by atoms with E-state index in [1.54, 1.807) is 0 Å². The standard InChI is InChI=1S/C12H22N2/c1-3-8-11(4-2)14(13)12-9-6-5-7-10-12/h3-4,8,12H,5-7,9-10,13H2,1-2H3/b8-3-,11-4+. The smallest absolute Gasteiger partial charge is 0.0474 e. The summed E-state index contributed by atoms with van der Waals surface area (Å²) in [6.07, 6.45) is 12.7. The Morgan fingerprint density at radius 1 is 1.21 bits per heavy atom. The van der Waals surface area contributed by atoms with Crippen molar-refractivity contribution >= 4 is 0 Å². The van der Waals surface area contributed by atoms with Crippen LogP contribution in [0.2, 0.25) is 0 Å².